The molecule has 0 bridgehead atoms. The molecule has 1 saturated heterocycles. The maximum atomic E-state index is 13.6. The average molecular weight is 231 g/mol. The van der Waals surface area contributed by atoms with E-state index in [2.05, 4.69) is 15.3 Å². The molecule has 1 fully saturated rings. The van der Waals surface area contributed by atoms with E-state index in [9.17, 15) is 4.39 Å². The number of hydrogen-bond acceptors (Lipinski definition) is 3. The number of nitrogens with zero attached hydrogens (tertiary/aromatic N) is 2. The van der Waals surface area contributed by atoms with Crippen LogP contribution in [0.15, 0.2) is 24.5 Å². The van der Waals surface area contributed by atoms with E-state index in [1.165, 1.54) is 25.2 Å². The Labute approximate surface area is 99.1 Å². The molecule has 1 N–H and O–H groups in total. The molecule has 17 heavy (non-hydrogen) atoms. The van der Waals surface area contributed by atoms with Crippen molar-refractivity contribution < 1.29 is 4.39 Å². The minimum Gasteiger partial charge on any atom is -0.314 e. The zero-order chi connectivity index (χ0) is 11.7. The number of nitrogens with one attached hydrogen (secondary N) is 1. The van der Waals surface area contributed by atoms with Crippen LogP contribution >= 0.6 is 0 Å². The predicted octanol–water partition coefficient (Wildman–Crippen LogP) is 2.06. The van der Waals surface area contributed by atoms with Crippen molar-refractivity contribution in [2.75, 3.05) is 6.54 Å². The van der Waals surface area contributed by atoms with Crippen LogP contribution < -0.4 is 5.32 Å². The van der Waals surface area contributed by atoms with Crippen LogP contribution in [0.5, 0.6) is 0 Å². The number of hydrogen-bond donors (Lipinski definition) is 1. The third-order valence-corrected chi connectivity index (χ3v) is 3.30. The summed E-state index contributed by atoms with van der Waals surface area (Å²) in [5.41, 5.74) is 1.37. The Bertz CT molecular complexity index is 535. The molecule has 3 nitrogen and oxygen atoms in total. The summed E-state index contributed by atoms with van der Waals surface area (Å²) in [6.45, 7) is 1.07. The first-order valence-electron chi connectivity index (χ1n) is 5.96. The lowest BCUT2D eigenvalue weighted by molar-refractivity contribution is 0.596. The Kier molecular flexibility index (Phi) is 2.73. The normalized spacial score (nSPS) is 19.9. The summed E-state index contributed by atoms with van der Waals surface area (Å²) in [5.74, 6) is -0.273. The predicted molar refractivity (Wildman–Crippen MR) is 64.2 cm³/mol. The van der Waals surface area contributed by atoms with Crippen LogP contribution in [-0.4, -0.2) is 22.6 Å². The standard InChI is InChI=1S/C13H14FN3/c14-11-5-1-4-10-12(16-8-17-13(10)11)7-9-3-2-6-15-9/h1,4-5,8-9,15H,2-3,6-7H2. The fourth-order valence-electron chi connectivity index (χ4n) is 2.43. The lowest BCUT2D eigenvalue weighted by Gasteiger charge is -2.11. The Hall–Kier alpha value is -1.55. The molecule has 1 unspecified atom stereocenters. The van der Waals surface area contributed by atoms with Gasteiger partial charge >= 0.3 is 0 Å². The molecule has 4 heteroatoms. The zero-order valence-corrected chi connectivity index (χ0v) is 9.49. The highest BCUT2D eigenvalue weighted by molar-refractivity contribution is 5.81. The van der Waals surface area contributed by atoms with Crippen LogP contribution in [0.3, 0.4) is 0 Å². The van der Waals surface area contributed by atoms with Crippen LogP contribution in [0, 0.1) is 5.82 Å². The van der Waals surface area contributed by atoms with Gasteiger partial charge < -0.3 is 5.32 Å². The van der Waals surface area contributed by atoms with Crippen LogP contribution in [0.1, 0.15) is 18.5 Å². The number of aromatic nitrogens is 2. The first-order valence-corrected chi connectivity index (χ1v) is 5.96. The van der Waals surface area contributed by atoms with Gasteiger partial charge in [-0.1, -0.05) is 12.1 Å². The molecule has 3 rings (SSSR count). The molecule has 0 radical (unpaired) electrons. The summed E-state index contributed by atoms with van der Waals surface area (Å²) in [7, 11) is 0. The fraction of sp³-hybridized carbons (Fsp3) is 0.385. The second kappa shape index (κ2) is 4.37. The van der Waals surface area contributed by atoms with E-state index < -0.39 is 0 Å². The molecule has 1 aliphatic rings. The van der Waals surface area contributed by atoms with Gasteiger partial charge in [0.05, 0.1) is 5.69 Å². The molecule has 0 aliphatic carbocycles. The molecular weight excluding hydrogens is 217 g/mol. The fourth-order valence-corrected chi connectivity index (χ4v) is 2.43. The molecule has 1 aromatic heterocycles. The summed E-state index contributed by atoms with van der Waals surface area (Å²) < 4.78 is 13.6. The lowest BCUT2D eigenvalue weighted by Crippen LogP contribution is -2.24. The molecule has 0 spiro atoms. The second-order valence-electron chi connectivity index (χ2n) is 4.45. The Morgan fingerprint density at radius 1 is 1.35 bits per heavy atom. The quantitative estimate of drug-likeness (QED) is 0.859. The van der Waals surface area contributed by atoms with Crippen LogP contribution in [0.4, 0.5) is 4.39 Å². The Morgan fingerprint density at radius 2 is 2.29 bits per heavy atom. The van der Waals surface area contributed by atoms with Crippen LogP contribution in [-0.2, 0) is 6.42 Å². The molecule has 0 amide bonds. The maximum absolute atomic E-state index is 13.6. The van der Waals surface area contributed by atoms with Gasteiger partial charge in [-0.2, -0.15) is 0 Å². The number of halogens is 1. The minimum atomic E-state index is -0.273. The topological polar surface area (TPSA) is 37.8 Å². The van der Waals surface area contributed by atoms with Gasteiger partial charge in [0, 0.05) is 17.8 Å². The van der Waals surface area contributed by atoms with Gasteiger partial charge in [-0.3, -0.25) is 0 Å². The number of fused-ring (bicyclic) bond motifs is 1. The van der Waals surface area contributed by atoms with Gasteiger partial charge in [-0.15, -0.1) is 0 Å². The molecule has 2 aromatic rings. The summed E-state index contributed by atoms with van der Waals surface area (Å²) in [6, 6.07) is 5.51. The summed E-state index contributed by atoms with van der Waals surface area (Å²) in [6.07, 6.45) is 4.68. The van der Waals surface area contributed by atoms with Crippen molar-refractivity contribution in [1.82, 2.24) is 15.3 Å². The molecule has 0 saturated carbocycles. The van der Waals surface area contributed by atoms with Gasteiger partial charge in [0.2, 0.25) is 0 Å². The second-order valence-corrected chi connectivity index (χ2v) is 4.45. The SMILES string of the molecule is Fc1cccc2c(CC3CCCN3)ncnc12. The van der Waals surface area contributed by atoms with E-state index in [4.69, 9.17) is 0 Å². The third kappa shape index (κ3) is 2.00. The van der Waals surface area contributed by atoms with Gasteiger partial charge in [0.1, 0.15) is 17.7 Å². The molecule has 2 heterocycles. The summed E-state index contributed by atoms with van der Waals surface area (Å²) >= 11 is 0. The van der Waals surface area contributed by atoms with Crippen molar-refractivity contribution in [2.45, 2.75) is 25.3 Å². The Morgan fingerprint density at radius 3 is 3.12 bits per heavy atom. The number of rotatable bonds is 2. The van der Waals surface area contributed by atoms with E-state index in [-0.39, 0.29) is 5.82 Å². The monoisotopic (exact) mass is 231 g/mol. The highest BCUT2D eigenvalue weighted by Crippen LogP contribution is 2.20. The van der Waals surface area contributed by atoms with Crippen molar-refractivity contribution in [2.24, 2.45) is 0 Å². The van der Waals surface area contributed by atoms with E-state index >= 15 is 0 Å². The highest BCUT2D eigenvalue weighted by Gasteiger charge is 2.17. The largest absolute Gasteiger partial charge is 0.314 e. The van der Waals surface area contributed by atoms with Gasteiger partial charge in [0.25, 0.3) is 0 Å². The molecular formula is C13H14FN3. The third-order valence-electron chi connectivity index (χ3n) is 3.30. The van der Waals surface area contributed by atoms with Gasteiger partial charge in [-0.25, -0.2) is 14.4 Å². The van der Waals surface area contributed by atoms with Crippen molar-refractivity contribution in [3.63, 3.8) is 0 Å². The first kappa shape index (κ1) is 10.6. The summed E-state index contributed by atoms with van der Waals surface area (Å²) in [4.78, 5) is 8.30. The average Bonchev–Trinajstić information content (AvgIpc) is 2.83. The van der Waals surface area contributed by atoms with Gasteiger partial charge in [-0.05, 0) is 25.5 Å². The van der Waals surface area contributed by atoms with Crippen molar-refractivity contribution in [3.05, 3.63) is 36.0 Å². The van der Waals surface area contributed by atoms with Crippen LogP contribution in [0.25, 0.3) is 10.9 Å². The molecule has 88 valence electrons. The number of para-hydroxylation sites is 1. The van der Waals surface area contributed by atoms with E-state index in [0.717, 1.165) is 24.0 Å². The van der Waals surface area contributed by atoms with Crippen molar-refractivity contribution in [3.8, 4) is 0 Å². The summed E-state index contributed by atoms with van der Waals surface area (Å²) in [5, 5.41) is 4.26. The van der Waals surface area contributed by atoms with E-state index in [1.54, 1.807) is 6.07 Å². The number of benzene rings is 1. The van der Waals surface area contributed by atoms with Crippen molar-refractivity contribution in [1.29, 1.82) is 0 Å². The van der Waals surface area contributed by atoms with Gasteiger partial charge in [0.15, 0.2) is 0 Å². The molecule has 1 atom stereocenters. The molecule has 1 aliphatic heterocycles. The highest BCUT2D eigenvalue weighted by atomic mass is 19.1. The Balaban J connectivity index is 2.01. The smallest absolute Gasteiger partial charge is 0.149 e. The zero-order valence-electron chi connectivity index (χ0n) is 9.49. The van der Waals surface area contributed by atoms with E-state index in [1.807, 2.05) is 6.07 Å². The van der Waals surface area contributed by atoms with E-state index in [0.29, 0.717) is 11.6 Å². The maximum Gasteiger partial charge on any atom is 0.149 e. The first-order chi connectivity index (χ1) is 8.34. The van der Waals surface area contributed by atoms with Crippen molar-refractivity contribution >= 4 is 10.9 Å². The molecule has 1 aromatic carbocycles. The minimum absolute atomic E-state index is 0.273. The van der Waals surface area contributed by atoms with Crippen LogP contribution in [0.2, 0.25) is 0 Å². The lowest BCUT2D eigenvalue weighted by atomic mass is 10.1.